The van der Waals surface area contributed by atoms with Gasteiger partial charge in [0.25, 0.3) is 5.91 Å². The molecule has 9 heteroatoms. The number of halogens is 1. The molecule has 3 aromatic heterocycles. The van der Waals surface area contributed by atoms with E-state index < -0.39 is 5.92 Å². The lowest BCUT2D eigenvalue weighted by Gasteiger charge is -2.32. The van der Waals surface area contributed by atoms with Crippen LogP contribution in [0.2, 0.25) is 0 Å². The molecule has 28 heavy (non-hydrogen) atoms. The van der Waals surface area contributed by atoms with Gasteiger partial charge in [-0.1, -0.05) is 6.07 Å². The number of fused-ring (bicyclic) bond motifs is 1. The number of furan rings is 1. The van der Waals surface area contributed by atoms with Gasteiger partial charge in [0.05, 0.1) is 35.1 Å². The minimum Gasteiger partial charge on any atom is -0.459 e. The van der Waals surface area contributed by atoms with Crippen molar-refractivity contribution in [2.24, 2.45) is 0 Å². The van der Waals surface area contributed by atoms with Gasteiger partial charge in [-0.15, -0.1) is 0 Å². The number of rotatable bonds is 5. The first-order valence-electron chi connectivity index (χ1n) is 8.84. The van der Waals surface area contributed by atoms with Gasteiger partial charge in [-0.3, -0.25) is 19.3 Å². The number of hydrogen-bond donors (Lipinski definition) is 1. The molecule has 0 saturated heterocycles. The number of nitrogens with one attached hydrogen (secondary N) is 1. The number of hydrogen-bond acceptors (Lipinski definition) is 5. The predicted octanol–water partition coefficient (Wildman–Crippen LogP) is 2.19. The van der Waals surface area contributed by atoms with E-state index in [9.17, 15) is 9.59 Å². The Hall–Kier alpha value is -2.94. The molecule has 1 unspecified atom stereocenters. The number of pyridine rings is 1. The summed E-state index contributed by atoms with van der Waals surface area (Å²) in [4.78, 5) is 31.6. The van der Waals surface area contributed by atoms with Crippen molar-refractivity contribution in [2.75, 3.05) is 13.1 Å². The third-order valence-corrected chi connectivity index (χ3v) is 5.01. The highest BCUT2D eigenvalue weighted by Gasteiger charge is 2.34. The fourth-order valence-corrected chi connectivity index (χ4v) is 3.60. The van der Waals surface area contributed by atoms with E-state index in [0.29, 0.717) is 25.3 Å². The maximum absolute atomic E-state index is 12.9. The first-order valence-corrected chi connectivity index (χ1v) is 9.63. The molecule has 8 nitrogen and oxygen atoms in total. The van der Waals surface area contributed by atoms with E-state index in [2.05, 4.69) is 31.3 Å². The summed E-state index contributed by atoms with van der Waals surface area (Å²) in [7, 11) is 0. The maximum atomic E-state index is 12.9. The van der Waals surface area contributed by atoms with Crippen LogP contribution in [0.1, 0.15) is 27.7 Å². The number of carbonyl (C=O) groups excluding carboxylic acids is 2. The SMILES string of the molecule is O=C(NCCn1cc(Br)cn1)C1CN(C(=O)c2ccco2)Cc2cccnc21. The number of carbonyl (C=O) groups is 2. The van der Waals surface area contributed by atoms with Gasteiger partial charge in [0.15, 0.2) is 5.76 Å². The fraction of sp³-hybridized carbons (Fsp3) is 0.263. The Morgan fingerprint density at radius 2 is 2.21 bits per heavy atom. The van der Waals surface area contributed by atoms with Crippen molar-refractivity contribution < 1.29 is 14.0 Å². The summed E-state index contributed by atoms with van der Waals surface area (Å²) in [5.74, 6) is -0.675. The van der Waals surface area contributed by atoms with E-state index in [1.807, 2.05) is 18.3 Å². The lowest BCUT2D eigenvalue weighted by atomic mass is 9.93. The molecule has 1 aliphatic rings. The molecule has 0 bridgehead atoms. The largest absolute Gasteiger partial charge is 0.459 e. The zero-order chi connectivity index (χ0) is 19.5. The Labute approximate surface area is 169 Å². The number of nitrogens with zero attached hydrogens (tertiary/aromatic N) is 4. The molecule has 0 radical (unpaired) electrons. The van der Waals surface area contributed by atoms with Crippen molar-refractivity contribution in [3.8, 4) is 0 Å². The number of amides is 2. The van der Waals surface area contributed by atoms with Gasteiger partial charge in [-0.05, 0) is 39.7 Å². The zero-order valence-corrected chi connectivity index (χ0v) is 16.5. The van der Waals surface area contributed by atoms with E-state index >= 15 is 0 Å². The van der Waals surface area contributed by atoms with Gasteiger partial charge in [-0.25, -0.2) is 0 Å². The van der Waals surface area contributed by atoms with Gasteiger partial charge in [0, 0.05) is 32.0 Å². The highest BCUT2D eigenvalue weighted by atomic mass is 79.9. The summed E-state index contributed by atoms with van der Waals surface area (Å²) >= 11 is 3.35. The van der Waals surface area contributed by atoms with E-state index in [1.165, 1.54) is 6.26 Å². The second kappa shape index (κ2) is 7.97. The van der Waals surface area contributed by atoms with Gasteiger partial charge < -0.3 is 14.6 Å². The molecular weight excluding hydrogens is 426 g/mol. The molecule has 1 N–H and O–H groups in total. The summed E-state index contributed by atoms with van der Waals surface area (Å²) in [5, 5.41) is 7.10. The van der Waals surface area contributed by atoms with Gasteiger partial charge in [0.2, 0.25) is 5.91 Å². The first kappa shape index (κ1) is 18.4. The quantitative estimate of drug-likeness (QED) is 0.652. The molecule has 0 aliphatic carbocycles. The second-order valence-electron chi connectivity index (χ2n) is 6.48. The standard InChI is InChI=1S/C19H18BrN5O3/c20-14-9-23-25(11-14)7-6-22-18(26)15-12-24(19(27)16-4-2-8-28-16)10-13-3-1-5-21-17(13)15/h1-5,8-9,11,15H,6-7,10,12H2,(H,22,26). The third-order valence-electron chi connectivity index (χ3n) is 4.60. The summed E-state index contributed by atoms with van der Waals surface area (Å²) < 4.78 is 7.85. The molecule has 1 aliphatic heterocycles. The van der Waals surface area contributed by atoms with Gasteiger partial charge in [-0.2, -0.15) is 5.10 Å². The third kappa shape index (κ3) is 3.84. The minimum atomic E-state index is -0.534. The fourth-order valence-electron chi connectivity index (χ4n) is 3.27. The topological polar surface area (TPSA) is 93.3 Å². The van der Waals surface area contributed by atoms with Crippen LogP contribution in [-0.4, -0.2) is 44.6 Å². The lowest BCUT2D eigenvalue weighted by Crippen LogP contribution is -2.44. The van der Waals surface area contributed by atoms with Crippen LogP contribution in [0.4, 0.5) is 0 Å². The Bertz CT molecular complexity index is 985. The van der Waals surface area contributed by atoms with Crippen molar-refractivity contribution in [1.29, 1.82) is 0 Å². The van der Waals surface area contributed by atoms with Crippen LogP contribution < -0.4 is 5.32 Å². The zero-order valence-electron chi connectivity index (χ0n) is 14.9. The van der Waals surface area contributed by atoms with Crippen LogP contribution in [0.3, 0.4) is 0 Å². The van der Waals surface area contributed by atoms with Crippen molar-refractivity contribution in [2.45, 2.75) is 19.0 Å². The van der Waals surface area contributed by atoms with Crippen molar-refractivity contribution >= 4 is 27.7 Å². The van der Waals surface area contributed by atoms with E-state index in [-0.39, 0.29) is 24.1 Å². The van der Waals surface area contributed by atoms with Crippen LogP contribution >= 0.6 is 15.9 Å². The van der Waals surface area contributed by atoms with Crippen LogP contribution in [-0.2, 0) is 17.9 Å². The van der Waals surface area contributed by atoms with Crippen LogP contribution in [0, 0.1) is 0 Å². The second-order valence-corrected chi connectivity index (χ2v) is 7.39. The molecule has 4 rings (SSSR count). The summed E-state index contributed by atoms with van der Waals surface area (Å²) in [6.07, 6.45) is 6.67. The molecule has 1 atom stereocenters. The Morgan fingerprint density at radius 1 is 1.32 bits per heavy atom. The highest BCUT2D eigenvalue weighted by Crippen LogP contribution is 2.27. The molecule has 0 aromatic carbocycles. The van der Waals surface area contributed by atoms with Crippen molar-refractivity contribution in [3.05, 3.63) is 70.6 Å². The van der Waals surface area contributed by atoms with Gasteiger partial charge in [0.1, 0.15) is 0 Å². The first-order chi connectivity index (χ1) is 13.6. The highest BCUT2D eigenvalue weighted by molar-refractivity contribution is 9.10. The summed E-state index contributed by atoms with van der Waals surface area (Å²) in [6.45, 7) is 1.63. The van der Waals surface area contributed by atoms with Crippen LogP contribution in [0.5, 0.6) is 0 Å². The average Bonchev–Trinajstić information content (AvgIpc) is 3.38. The average molecular weight is 444 g/mol. The van der Waals surface area contributed by atoms with Crippen molar-refractivity contribution in [3.63, 3.8) is 0 Å². The van der Waals surface area contributed by atoms with E-state index in [4.69, 9.17) is 4.42 Å². The lowest BCUT2D eigenvalue weighted by molar-refractivity contribution is -0.123. The van der Waals surface area contributed by atoms with Gasteiger partial charge >= 0.3 is 0 Å². The molecule has 4 heterocycles. The molecule has 2 amide bonds. The summed E-state index contributed by atoms with van der Waals surface area (Å²) in [6, 6.07) is 7.00. The molecule has 0 saturated carbocycles. The van der Waals surface area contributed by atoms with Crippen LogP contribution in [0.15, 0.2) is 58.0 Å². The van der Waals surface area contributed by atoms with Crippen molar-refractivity contribution in [1.82, 2.24) is 25.0 Å². The normalized spacial score (nSPS) is 15.9. The molecule has 0 spiro atoms. The minimum absolute atomic E-state index is 0.164. The Kier molecular flexibility index (Phi) is 5.25. The Morgan fingerprint density at radius 3 is 2.96 bits per heavy atom. The molecule has 3 aromatic rings. The summed E-state index contributed by atoms with van der Waals surface area (Å²) in [5.41, 5.74) is 1.58. The maximum Gasteiger partial charge on any atom is 0.289 e. The predicted molar refractivity (Wildman–Crippen MR) is 103 cm³/mol. The number of aromatic nitrogens is 3. The molecule has 144 valence electrons. The smallest absolute Gasteiger partial charge is 0.289 e. The van der Waals surface area contributed by atoms with E-state index in [1.54, 1.807) is 34.1 Å². The molecular formula is C19H18BrN5O3. The Balaban J connectivity index is 1.47. The van der Waals surface area contributed by atoms with Crippen LogP contribution in [0.25, 0.3) is 0 Å². The molecule has 0 fully saturated rings. The monoisotopic (exact) mass is 443 g/mol. The van der Waals surface area contributed by atoms with E-state index in [0.717, 1.165) is 10.0 Å².